The highest BCUT2D eigenvalue weighted by Crippen LogP contribution is 1.94. The summed E-state index contributed by atoms with van der Waals surface area (Å²) in [5, 5.41) is 0. The second-order valence-corrected chi connectivity index (χ2v) is 2.10. The molecule has 0 aliphatic carbocycles. The van der Waals surface area contributed by atoms with E-state index in [-0.39, 0.29) is 0 Å². The molecule has 0 heteroatoms. The molecule has 0 nitrogen and oxygen atoms in total. The molecule has 0 amide bonds. The Balaban J connectivity index is 3.04. The van der Waals surface area contributed by atoms with Gasteiger partial charge in [-0.1, -0.05) is 44.1 Å². The van der Waals surface area contributed by atoms with Crippen molar-refractivity contribution in [3.8, 4) is 0 Å². The number of rotatable bonds is 4. The van der Waals surface area contributed by atoms with Crippen LogP contribution in [0, 0.1) is 0 Å². The average Bonchev–Trinajstić information content (AvgIpc) is 1.89. The lowest BCUT2D eigenvalue weighted by Gasteiger charge is -1.84. The monoisotopic (exact) mass is 124 g/mol. The Morgan fingerprint density at radius 3 is 2.56 bits per heavy atom. The van der Waals surface area contributed by atoms with Crippen molar-refractivity contribution in [3.63, 3.8) is 0 Å². The molecule has 0 aromatic rings. The van der Waals surface area contributed by atoms with E-state index in [9.17, 15) is 0 Å². The average molecular weight is 124 g/mol. The van der Waals surface area contributed by atoms with Crippen LogP contribution in [-0.4, -0.2) is 0 Å². The fourth-order valence-electron chi connectivity index (χ4n) is 0.608. The molecule has 0 heterocycles. The first-order chi connectivity index (χ1) is 4.41. The van der Waals surface area contributed by atoms with E-state index in [1.165, 1.54) is 19.3 Å². The predicted molar refractivity (Wildman–Crippen MR) is 43.5 cm³/mol. The Hall–Kier alpha value is -0.520. The van der Waals surface area contributed by atoms with Gasteiger partial charge in [0.25, 0.3) is 0 Å². The predicted octanol–water partition coefficient (Wildman–Crippen LogP) is 3.31. The van der Waals surface area contributed by atoms with E-state index in [1.807, 2.05) is 13.0 Å². The minimum Gasteiger partial charge on any atom is -0.0877 e. The van der Waals surface area contributed by atoms with Gasteiger partial charge in [-0.2, -0.15) is 0 Å². The molecule has 0 aromatic heterocycles. The Morgan fingerprint density at radius 1 is 1.22 bits per heavy atom. The first kappa shape index (κ1) is 8.48. The van der Waals surface area contributed by atoms with Crippen LogP contribution < -0.4 is 0 Å². The van der Waals surface area contributed by atoms with Crippen molar-refractivity contribution in [2.45, 2.75) is 33.1 Å². The zero-order valence-corrected chi connectivity index (χ0v) is 6.43. The van der Waals surface area contributed by atoms with Crippen molar-refractivity contribution in [2.24, 2.45) is 0 Å². The normalized spacial score (nSPS) is 11.8. The zero-order valence-electron chi connectivity index (χ0n) is 6.43. The third-order valence-electron chi connectivity index (χ3n) is 1.16. The van der Waals surface area contributed by atoms with Gasteiger partial charge >= 0.3 is 0 Å². The van der Waals surface area contributed by atoms with E-state index >= 15 is 0 Å². The molecular formula is C9H16. The molecule has 0 rings (SSSR count). The van der Waals surface area contributed by atoms with Crippen molar-refractivity contribution < 1.29 is 0 Å². The summed E-state index contributed by atoms with van der Waals surface area (Å²) in [5.41, 5.74) is 0. The summed E-state index contributed by atoms with van der Waals surface area (Å²) in [6.45, 7) is 4.24. The molecule has 0 aromatic carbocycles. The van der Waals surface area contributed by atoms with Crippen molar-refractivity contribution >= 4 is 0 Å². The Bertz CT molecular complexity index is 88.2. The Kier molecular flexibility index (Phi) is 7.05. The van der Waals surface area contributed by atoms with Crippen LogP contribution in [-0.2, 0) is 0 Å². The molecule has 0 saturated heterocycles. The molecule has 52 valence electrons. The molecule has 0 fully saturated rings. The largest absolute Gasteiger partial charge is 0.0877 e. The van der Waals surface area contributed by atoms with E-state index in [0.717, 1.165) is 0 Å². The summed E-state index contributed by atoms with van der Waals surface area (Å²) >= 11 is 0. The molecule has 0 N–H and O–H groups in total. The van der Waals surface area contributed by atoms with Gasteiger partial charge in [0, 0.05) is 0 Å². The van der Waals surface area contributed by atoms with E-state index in [4.69, 9.17) is 0 Å². The SMILES string of the molecule is C/C=C/C=C\CCCC. The highest BCUT2D eigenvalue weighted by molar-refractivity contribution is 5.00. The van der Waals surface area contributed by atoms with E-state index in [1.54, 1.807) is 0 Å². The van der Waals surface area contributed by atoms with Crippen LogP contribution in [0.3, 0.4) is 0 Å². The van der Waals surface area contributed by atoms with Crippen molar-refractivity contribution in [2.75, 3.05) is 0 Å². The molecular weight excluding hydrogens is 108 g/mol. The molecule has 0 radical (unpaired) electrons. The lowest BCUT2D eigenvalue weighted by molar-refractivity contribution is 0.815. The van der Waals surface area contributed by atoms with Crippen LogP contribution in [0.1, 0.15) is 33.1 Å². The van der Waals surface area contributed by atoms with E-state index in [0.29, 0.717) is 0 Å². The minimum atomic E-state index is 1.22. The van der Waals surface area contributed by atoms with Crippen molar-refractivity contribution in [1.82, 2.24) is 0 Å². The third kappa shape index (κ3) is 7.48. The van der Waals surface area contributed by atoms with Crippen molar-refractivity contribution in [1.29, 1.82) is 0 Å². The maximum absolute atomic E-state index is 2.21. The molecule has 0 saturated carbocycles. The summed E-state index contributed by atoms with van der Waals surface area (Å²) < 4.78 is 0. The number of allylic oxidation sites excluding steroid dienone is 4. The van der Waals surface area contributed by atoms with Gasteiger partial charge in [0.15, 0.2) is 0 Å². The highest BCUT2D eigenvalue weighted by Gasteiger charge is 1.74. The molecule has 9 heavy (non-hydrogen) atoms. The zero-order chi connectivity index (χ0) is 6.95. The second-order valence-electron chi connectivity index (χ2n) is 2.10. The van der Waals surface area contributed by atoms with Gasteiger partial charge < -0.3 is 0 Å². The summed E-state index contributed by atoms with van der Waals surface area (Å²) in [7, 11) is 0. The summed E-state index contributed by atoms with van der Waals surface area (Å²) in [4.78, 5) is 0. The highest BCUT2D eigenvalue weighted by atomic mass is 13.8. The molecule has 0 aliphatic rings. The smallest absolute Gasteiger partial charge is 0.0348 e. The first-order valence-corrected chi connectivity index (χ1v) is 3.69. The minimum absolute atomic E-state index is 1.22. The Morgan fingerprint density at radius 2 is 2.00 bits per heavy atom. The van der Waals surface area contributed by atoms with Gasteiger partial charge in [-0.15, -0.1) is 0 Å². The molecule has 0 unspecified atom stereocenters. The number of hydrogen-bond donors (Lipinski definition) is 0. The lowest BCUT2D eigenvalue weighted by Crippen LogP contribution is -1.64. The van der Waals surface area contributed by atoms with Gasteiger partial charge in [0.05, 0.1) is 0 Å². The van der Waals surface area contributed by atoms with E-state index < -0.39 is 0 Å². The second kappa shape index (κ2) is 7.48. The van der Waals surface area contributed by atoms with Gasteiger partial charge in [-0.25, -0.2) is 0 Å². The van der Waals surface area contributed by atoms with Gasteiger partial charge in [0.2, 0.25) is 0 Å². The molecule has 0 atom stereocenters. The summed E-state index contributed by atoms with van der Waals surface area (Å²) in [6, 6.07) is 0. The molecule has 0 spiro atoms. The number of hydrogen-bond acceptors (Lipinski definition) is 0. The maximum Gasteiger partial charge on any atom is -0.0348 e. The first-order valence-electron chi connectivity index (χ1n) is 3.69. The van der Waals surface area contributed by atoms with Crippen molar-refractivity contribution in [3.05, 3.63) is 24.3 Å². The molecule has 0 bridgehead atoms. The molecule has 0 aliphatic heterocycles. The lowest BCUT2D eigenvalue weighted by atomic mass is 10.2. The third-order valence-corrected chi connectivity index (χ3v) is 1.16. The quantitative estimate of drug-likeness (QED) is 0.398. The fourth-order valence-corrected chi connectivity index (χ4v) is 0.608. The fraction of sp³-hybridized carbons (Fsp3) is 0.556. The summed E-state index contributed by atoms with van der Waals surface area (Å²) in [6.07, 6.45) is 12.3. The van der Waals surface area contributed by atoms with Crippen LogP contribution in [0.25, 0.3) is 0 Å². The van der Waals surface area contributed by atoms with Crippen LogP contribution in [0.5, 0.6) is 0 Å². The van der Waals surface area contributed by atoms with Gasteiger partial charge in [-0.3, -0.25) is 0 Å². The van der Waals surface area contributed by atoms with Crippen LogP contribution in [0.15, 0.2) is 24.3 Å². The van der Waals surface area contributed by atoms with Crippen LogP contribution in [0.2, 0.25) is 0 Å². The standard InChI is InChI=1S/C9H16/c1-3-5-7-9-8-6-4-2/h3,5,7,9H,4,6,8H2,1-2H3/b5-3+,9-7-. The van der Waals surface area contributed by atoms with Gasteiger partial charge in [0.1, 0.15) is 0 Å². The maximum atomic E-state index is 2.21. The Labute approximate surface area is 58.3 Å². The van der Waals surface area contributed by atoms with E-state index in [2.05, 4.69) is 25.2 Å². The van der Waals surface area contributed by atoms with Crippen LogP contribution in [0.4, 0.5) is 0 Å². The topological polar surface area (TPSA) is 0 Å². The number of unbranched alkanes of at least 4 members (excludes halogenated alkanes) is 2. The van der Waals surface area contributed by atoms with Crippen LogP contribution >= 0.6 is 0 Å². The van der Waals surface area contributed by atoms with Gasteiger partial charge in [-0.05, 0) is 13.3 Å². The summed E-state index contributed by atoms with van der Waals surface area (Å²) in [5.74, 6) is 0.